The van der Waals surface area contributed by atoms with Gasteiger partial charge in [0, 0.05) is 36.7 Å². The Labute approximate surface area is 181 Å². The standard InChI is InChI=1S/C25H34ClN3/c26-23-10-8-22(9-11-23)19-29-15-4-7-25(20-29)27-24-13-17-28(18-14-24)16-12-21-5-2-1-3-6-21/h1-3,5-6,8-11,24-25,27H,4,7,12-20H2/t25-/m1/s1. The number of hydrogen-bond acceptors (Lipinski definition) is 3. The van der Waals surface area contributed by atoms with Gasteiger partial charge in [0.05, 0.1) is 0 Å². The molecule has 2 aromatic rings. The summed E-state index contributed by atoms with van der Waals surface area (Å²) in [5, 5.41) is 4.81. The van der Waals surface area contributed by atoms with Gasteiger partial charge in [-0.1, -0.05) is 54.1 Å². The first kappa shape index (κ1) is 20.9. The van der Waals surface area contributed by atoms with E-state index in [0.29, 0.717) is 12.1 Å². The van der Waals surface area contributed by atoms with E-state index in [-0.39, 0.29) is 0 Å². The van der Waals surface area contributed by atoms with Crippen molar-refractivity contribution in [3.63, 3.8) is 0 Å². The molecule has 0 aromatic heterocycles. The number of rotatable bonds is 7. The zero-order valence-electron chi connectivity index (χ0n) is 17.4. The van der Waals surface area contributed by atoms with Gasteiger partial charge in [0.25, 0.3) is 0 Å². The predicted octanol–water partition coefficient (Wildman–Crippen LogP) is 4.60. The van der Waals surface area contributed by atoms with Gasteiger partial charge in [0.1, 0.15) is 0 Å². The highest BCUT2D eigenvalue weighted by Gasteiger charge is 2.25. The molecule has 0 aliphatic carbocycles. The number of benzene rings is 2. The Bertz CT molecular complexity index is 725. The van der Waals surface area contributed by atoms with Gasteiger partial charge < -0.3 is 10.2 Å². The monoisotopic (exact) mass is 411 g/mol. The van der Waals surface area contributed by atoms with Crippen molar-refractivity contribution in [2.24, 2.45) is 0 Å². The second-order valence-electron chi connectivity index (χ2n) is 8.72. The lowest BCUT2D eigenvalue weighted by molar-refractivity contribution is 0.149. The molecule has 0 amide bonds. The van der Waals surface area contributed by atoms with E-state index in [4.69, 9.17) is 11.6 Å². The van der Waals surface area contributed by atoms with Gasteiger partial charge in [-0.25, -0.2) is 0 Å². The van der Waals surface area contributed by atoms with E-state index >= 15 is 0 Å². The van der Waals surface area contributed by atoms with Crippen molar-refractivity contribution in [2.45, 2.75) is 50.7 Å². The first-order chi connectivity index (χ1) is 14.2. The largest absolute Gasteiger partial charge is 0.310 e. The minimum Gasteiger partial charge on any atom is -0.310 e. The molecule has 2 heterocycles. The zero-order valence-corrected chi connectivity index (χ0v) is 18.2. The van der Waals surface area contributed by atoms with Crippen molar-refractivity contribution in [1.29, 1.82) is 0 Å². The van der Waals surface area contributed by atoms with Crippen molar-refractivity contribution in [3.8, 4) is 0 Å². The Morgan fingerprint density at radius 2 is 1.55 bits per heavy atom. The molecular formula is C25H34ClN3. The molecule has 2 saturated heterocycles. The van der Waals surface area contributed by atoms with Gasteiger partial charge in [-0.2, -0.15) is 0 Å². The SMILES string of the molecule is Clc1ccc(CN2CCC[C@@H](NC3CCN(CCc4ccccc4)CC3)C2)cc1. The van der Waals surface area contributed by atoms with Crippen LogP contribution < -0.4 is 5.32 Å². The smallest absolute Gasteiger partial charge is 0.0406 e. The molecule has 0 bridgehead atoms. The number of nitrogens with one attached hydrogen (secondary N) is 1. The molecule has 4 heteroatoms. The van der Waals surface area contributed by atoms with E-state index in [1.165, 1.54) is 69.4 Å². The van der Waals surface area contributed by atoms with Crippen molar-refractivity contribution >= 4 is 11.6 Å². The molecule has 1 atom stereocenters. The van der Waals surface area contributed by atoms with E-state index in [2.05, 4.69) is 57.6 Å². The van der Waals surface area contributed by atoms with Gasteiger partial charge in [-0.05, 0) is 75.0 Å². The normalized spacial score (nSPS) is 22.0. The third-order valence-electron chi connectivity index (χ3n) is 6.44. The fourth-order valence-electron chi connectivity index (χ4n) is 4.77. The van der Waals surface area contributed by atoms with E-state index in [1.807, 2.05) is 12.1 Å². The Hall–Kier alpha value is -1.39. The van der Waals surface area contributed by atoms with Gasteiger partial charge in [0.15, 0.2) is 0 Å². The van der Waals surface area contributed by atoms with E-state index in [1.54, 1.807) is 0 Å². The second-order valence-corrected chi connectivity index (χ2v) is 9.16. The molecule has 0 spiro atoms. The molecule has 0 saturated carbocycles. The first-order valence-corrected chi connectivity index (χ1v) is 11.6. The van der Waals surface area contributed by atoms with Crippen LogP contribution in [0.2, 0.25) is 5.02 Å². The van der Waals surface area contributed by atoms with Crippen molar-refractivity contribution < 1.29 is 0 Å². The number of hydrogen-bond donors (Lipinski definition) is 1. The summed E-state index contributed by atoms with van der Waals surface area (Å²) in [5.41, 5.74) is 2.82. The number of nitrogens with zero attached hydrogens (tertiary/aromatic N) is 2. The Morgan fingerprint density at radius 3 is 2.31 bits per heavy atom. The maximum atomic E-state index is 6.02. The molecule has 3 nitrogen and oxygen atoms in total. The summed E-state index contributed by atoms with van der Waals surface area (Å²) in [4.78, 5) is 5.23. The molecule has 0 unspecified atom stereocenters. The van der Waals surface area contributed by atoms with Gasteiger partial charge in [-0.15, -0.1) is 0 Å². The Kier molecular flexibility index (Phi) is 7.61. The van der Waals surface area contributed by atoms with Crippen LogP contribution in [0.5, 0.6) is 0 Å². The summed E-state index contributed by atoms with van der Waals surface area (Å²) in [6.07, 6.45) is 6.33. The van der Waals surface area contributed by atoms with Crippen LogP contribution in [0.1, 0.15) is 36.8 Å². The second kappa shape index (κ2) is 10.6. The van der Waals surface area contributed by atoms with Crippen LogP contribution in [0.4, 0.5) is 0 Å². The van der Waals surface area contributed by atoms with Crippen LogP contribution in [0.25, 0.3) is 0 Å². The summed E-state index contributed by atoms with van der Waals surface area (Å²) in [7, 11) is 0. The van der Waals surface area contributed by atoms with E-state index < -0.39 is 0 Å². The average Bonchev–Trinajstić information content (AvgIpc) is 2.76. The molecule has 156 valence electrons. The molecule has 2 aromatic carbocycles. The highest BCUT2D eigenvalue weighted by atomic mass is 35.5. The summed E-state index contributed by atoms with van der Waals surface area (Å²) >= 11 is 6.02. The van der Waals surface area contributed by atoms with E-state index in [9.17, 15) is 0 Å². The minimum atomic E-state index is 0.636. The Morgan fingerprint density at radius 1 is 0.793 bits per heavy atom. The van der Waals surface area contributed by atoms with Crippen LogP contribution in [0.15, 0.2) is 54.6 Å². The zero-order chi connectivity index (χ0) is 19.9. The number of halogens is 1. The first-order valence-electron chi connectivity index (χ1n) is 11.2. The predicted molar refractivity (Wildman–Crippen MR) is 122 cm³/mol. The molecule has 0 radical (unpaired) electrons. The maximum Gasteiger partial charge on any atom is 0.0406 e. The molecule has 1 N–H and O–H groups in total. The summed E-state index contributed by atoms with van der Waals surface area (Å²) in [6.45, 7) is 7.05. The van der Waals surface area contributed by atoms with E-state index in [0.717, 1.165) is 18.1 Å². The summed E-state index contributed by atoms with van der Waals surface area (Å²) in [5.74, 6) is 0. The van der Waals surface area contributed by atoms with Gasteiger partial charge in [-0.3, -0.25) is 4.90 Å². The van der Waals surface area contributed by atoms with Crippen molar-refractivity contribution in [3.05, 3.63) is 70.7 Å². The fraction of sp³-hybridized carbons (Fsp3) is 0.520. The third-order valence-corrected chi connectivity index (χ3v) is 6.70. The lowest BCUT2D eigenvalue weighted by atomic mass is 9.99. The van der Waals surface area contributed by atoms with Gasteiger partial charge >= 0.3 is 0 Å². The summed E-state index contributed by atoms with van der Waals surface area (Å²) in [6, 6.07) is 20.5. The molecular weight excluding hydrogens is 378 g/mol. The molecule has 2 aliphatic heterocycles. The highest BCUT2D eigenvalue weighted by molar-refractivity contribution is 6.30. The maximum absolute atomic E-state index is 6.02. The highest BCUT2D eigenvalue weighted by Crippen LogP contribution is 2.18. The lowest BCUT2D eigenvalue weighted by Gasteiger charge is -2.38. The minimum absolute atomic E-state index is 0.636. The van der Waals surface area contributed by atoms with Crippen LogP contribution in [-0.2, 0) is 13.0 Å². The van der Waals surface area contributed by atoms with Crippen LogP contribution in [-0.4, -0.2) is 54.6 Å². The van der Waals surface area contributed by atoms with Crippen LogP contribution in [0.3, 0.4) is 0 Å². The summed E-state index contributed by atoms with van der Waals surface area (Å²) < 4.78 is 0. The lowest BCUT2D eigenvalue weighted by Crippen LogP contribution is -2.51. The third kappa shape index (κ3) is 6.55. The topological polar surface area (TPSA) is 18.5 Å². The van der Waals surface area contributed by atoms with Crippen LogP contribution >= 0.6 is 11.6 Å². The van der Waals surface area contributed by atoms with Gasteiger partial charge in [0.2, 0.25) is 0 Å². The molecule has 4 rings (SSSR count). The quantitative estimate of drug-likeness (QED) is 0.718. The number of likely N-dealkylation sites (tertiary alicyclic amines) is 2. The molecule has 29 heavy (non-hydrogen) atoms. The number of piperidine rings is 2. The molecule has 2 aliphatic rings. The molecule has 2 fully saturated rings. The average molecular weight is 412 g/mol. The fourth-order valence-corrected chi connectivity index (χ4v) is 4.90. The van der Waals surface area contributed by atoms with Crippen molar-refractivity contribution in [1.82, 2.24) is 15.1 Å². The van der Waals surface area contributed by atoms with Crippen molar-refractivity contribution in [2.75, 3.05) is 32.7 Å². The van der Waals surface area contributed by atoms with Crippen LogP contribution in [0, 0.1) is 0 Å². The Balaban J connectivity index is 1.17.